The molecule has 1 aliphatic carbocycles. The minimum absolute atomic E-state index is 0.785. The van der Waals surface area contributed by atoms with Crippen molar-refractivity contribution in [3.8, 4) is 0 Å². The van der Waals surface area contributed by atoms with E-state index in [0.717, 1.165) is 31.1 Å². The van der Waals surface area contributed by atoms with Crippen LogP contribution in [-0.2, 0) is 4.74 Å². The van der Waals surface area contributed by atoms with Crippen LogP contribution in [0, 0.1) is 11.8 Å². The van der Waals surface area contributed by atoms with Gasteiger partial charge in [-0.3, -0.25) is 0 Å². The molecule has 0 spiro atoms. The Hall–Kier alpha value is -0.0800. The molecule has 0 aromatic heterocycles. The molecule has 114 valence electrons. The maximum Gasteiger partial charge on any atom is 0.0478 e. The molecule has 0 bridgehead atoms. The number of nitrogens with zero attached hydrogens (tertiary/aromatic N) is 1. The summed E-state index contributed by atoms with van der Waals surface area (Å²) in [6, 6.07) is 0.878. The van der Waals surface area contributed by atoms with Gasteiger partial charge in [-0.1, -0.05) is 34.1 Å². The maximum atomic E-state index is 5.74. The van der Waals surface area contributed by atoms with E-state index in [0.29, 0.717) is 0 Å². The van der Waals surface area contributed by atoms with Crippen molar-refractivity contribution in [1.29, 1.82) is 0 Å². The Morgan fingerprint density at radius 1 is 1.00 bits per heavy atom. The van der Waals surface area contributed by atoms with Gasteiger partial charge in [0, 0.05) is 32.3 Å². The normalized spacial score (nSPS) is 16.6. The lowest BCUT2D eigenvalue weighted by molar-refractivity contribution is 0.0816. The molecule has 2 nitrogen and oxygen atoms in total. The molecule has 1 rings (SSSR count). The van der Waals surface area contributed by atoms with Crippen molar-refractivity contribution in [3.05, 3.63) is 0 Å². The molecule has 0 amide bonds. The van der Waals surface area contributed by atoms with Crippen LogP contribution in [0.25, 0.3) is 0 Å². The second-order valence-electron chi connectivity index (χ2n) is 6.98. The minimum Gasteiger partial charge on any atom is -0.381 e. The van der Waals surface area contributed by atoms with Crippen molar-refractivity contribution < 1.29 is 4.74 Å². The van der Waals surface area contributed by atoms with Crippen molar-refractivity contribution in [2.24, 2.45) is 11.8 Å². The lowest BCUT2D eigenvalue weighted by Gasteiger charge is -2.38. The number of ether oxygens (including phenoxy) is 1. The van der Waals surface area contributed by atoms with E-state index in [1.807, 2.05) is 0 Å². The molecular formula is C17H35NO. The molecule has 0 N–H and O–H groups in total. The Labute approximate surface area is 120 Å². The average molecular weight is 269 g/mol. The second-order valence-corrected chi connectivity index (χ2v) is 6.98. The van der Waals surface area contributed by atoms with Crippen LogP contribution in [0.3, 0.4) is 0 Å². The first-order valence-corrected chi connectivity index (χ1v) is 8.41. The molecule has 1 saturated carbocycles. The van der Waals surface area contributed by atoms with Crippen molar-refractivity contribution in [3.63, 3.8) is 0 Å². The quantitative estimate of drug-likeness (QED) is 0.517. The molecule has 19 heavy (non-hydrogen) atoms. The highest BCUT2D eigenvalue weighted by atomic mass is 16.5. The van der Waals surface area contributed by atoms with E-state index >= 15 is 0 Å². The lowest BCUT2D eigenvalue weighted by Crippen LogP contribution is -2.42. The van der Waals surface area contributed by atoms with Crippen LogP contribution in [0.5, 0.6) is 0 Å². The fraction of sp³-hybridized carbons (Fsp3) is 1.00. The van der Waals surface area contributed by atoms with Gasteiger partial charge in [-0.2, -0.15) is 0 Å². The number of hydrogen-bond acceptors (Lipinski definition) is 2. The van der Waals surface area contributed by atoms with Crippen molar-refractivity contribution in [2.75, 3.05) is 26.3 Å². The van der Waals surface area contributed by atoms with E-state index in [-0.39, 0.29) is 0 Å². The van der Waals surface area contributed by atoms with Crippen LogP contribution in [-0.4, -0.2) is 37.2 Å². The Morgan fingerprint density at radius 2 is 1.68 bits per heavy atom. The van der Waals surface area contributed by atoms with Gasteiger partial charge in [0.05, 0.1) is 0 Å². The Bertz CT molecular complexity index is 211. The zero-order valence-electron chi connectivity index (χ0n) is 13.7. The second kappa shape index (κ2) is 9.77. The largest absolute Gasteiger partial charge is 0.381 e. The summed E-state index contributed by atoms with van der Waals surface area (Å²) in [6.45, 7) is 13.6. The summed E-state index contributed by atoms with van der Waals surface area (Å²) in [5, 5.41) is 0. The summed E-state index contributed by atoms with van der Waals surface area (Å²) in [5.74, 6) is 1.59. The van der Waals surface area contributed by atoms with Crippen molar-refractivity contribution >= 4 is 0 Å². The van der Waals surface area contributed by atoms with E-state index in [1.54, 1.807) is 0 Å². The van der Waals surface area contributed by atoms with Gasteiger partial charge in [0.2, 0.25) is 0 Å². The standard InChI is InChI=1S/C17H35NO/c1-15(2)8-6-12-19-13-7-11-18(14-16(3)4)17-9-5-10-17/h15-17H,5-14H2,1-4H3. The first-order valence-electron chi connectivity index (χ1n) is 8.41. The van der Waals surface area contributed by atoms with E-state index in [9.17, 15) is 0 Å². The molecule has 0 heterocycles. The van der Waals surface area contributed by atoms with Crippen molar-refractivity contribution in [1.82, 2.24) is 4.90 Å². The zero-order valence-corrected chi connectivity index (χ0v) is 13.7. The van der Waals surface area contributed by atoms with Gasteiger partial charge < -0.3 is 9.64 Å². The molecule has 0 aliphatic heterocycles. The lowest BCUT2D eigenvalue weighted by atomic mass is 9.90. The highest BCUT2D eigenvalue weighted by Crippen LogP contribution is 2.25. The molecule has 0 aromatic rings. The highest BCUT2D eigenvalue weighted by molar-refractivity contribution is 4.80. The fourth-order valence-corrected chi connectivity index (χ4v) is 2.71. The summed E-state index contributed by atoms with van der Waals surface area (Å²) < 4.78 is 5.74. The molecule has 1 aliphatic rings. The van der Waals surface area contributed by atoms with Crippen LogP contribution in [0.1, 0.15) is 66.2 Å². The van der Waals surface area contributed by atoms with E-state index in [2.05, 4.69) is 32.6 Å². The third kappa shape index (κ3) is 7.94. The third-order valence-corrected chi connectivity index (χ3v) is 3.99. The predicted molar refractivity (Wildman–Crippen MR) is 83.6 cm³/mol. The Kier molecular flexibility index (Phi) is 8.72. The van der Waals surface area contributed by atoms with Crippen LogP contribution < -0.4 is 0 Å². The van der Waals surface area contributed by atoms with E-state index in [4.69, 9.17) is 4.74 Å². The van der Waals surface area contributed by atoms with Crippen LogP contribution >= 0.6 is 0 Å². The number of rotatable bonds is 11. The maximum absolute atomic E-state index is 5.74. The first kappa shape index (κ1) is 17.0. The fourth-order valence-electron chi connectivity index (χ4n) is 2.71. The summed E-state index contributed by atoms with van der Waals surface area (Å²) in [4.78, 5) is 2.70. The van der Waals surface area contributed by atoms with E-state index < -0.39 is 0 Å². The van der Waals surface area contributed by atoms with Gasteiger partial charge in [0.25, 0.3) is 0 Å². The zero-order chi connectivity index (χ0) is 14.1. The summed E-state index contributed by atoms with van der Waals surface area (Å²) in [5.41, 5.74) is 0. The van der Waals surface area contributed by atoms with E-state index in [1.165, 1.54) is 51.6 Å². The van der Waals surface area contributed by atoms with Crippen LogP contribution in [0.15, 0.2) is 0 Å². The average Bonchev–Trinajstić information content (AvgIpc) is 2.23. The molecule has 0 atom stereocenters. The highest BCUT2D eigenvalue weighted by Gasteiger charge is 2.24. The molecule has 0 unspecified atom stereocenters. The molecule has 0 saturated heterocycles. The minimum atomic E-state index is 0.785. The molecule has 0 radical (unpaired) electrons. The third-order valence-electron chi connectivity index (χ3n) is 3.99. The molecule has 2 heteroatoms. The van der Waals surface area contributed by atoms with Gasteiger partial charge in [-0.05, 0) is 43.9 Å². The van der Waals surface area contributed by atoms with Gasteiger partial charge in [-0.25, -0.2) is 0 Å². The van der Waals surface area contributed by atoms with Gasteiger partial charge in [0.15, 0.2) is 0 Å². The summed E-state index contributed by atoms with van der Waals surface area (Å²) in [7, 11) is 0. The van der Waals surface area contributed by atoms with Crippen molar-refractivity contribution in [2.45, 2.75) is 72.3 Å². The van der Waals surface area contributed by atoms with Gasteiger partial charge in [0.1, 0.15) is 0 Å². The summed E-state index contributed by atoms with van der Waals surface area (Å²) in [6.07, 6.45) is 7.98. The van der Waals surface area contributed by atoms with Gasteiger partial charge in [-0.15, -0.1) is 0 Å². The Balaban J connectivity index is 2.01. The number of hydrogen-bond donors (Lipinski definition) is 0. The monoisotopic (exact) mass is 269 g/mol. The molecule has 1 fully saturated rings. The Morgan fingerprint density at radius 3 is 2.21 bits per heavy atom. The molecular weight excluding hydrogens is 234 g/mol. The topological polar surface area (TPSA) is 12.5 Å². The molecule has 0 aromatic carbocycles. The smallest absolute Gasteiger partial charge is 0.0478 e. The van der Waals surface area contributed by atoms with Crippen LogP contribution in [0.4, 0.5) is 0 Å². The SMILES string of the molecule is CC(C)CCCOCCCN(CC(C)C)C1CCC1. The van der Waals surface area contributed by atoms with Gasteiger partial charge >= 0.3 is 0 Å². The summed E-state index contributed by atoms with van der Waals surface area (Å²) >= 11 is 0. The predicted octanol–water partition coefficient (Wildman–Crippen LogP) is 4.34. The van der Waals surface area contributed by atoms with Crippen LogP contribution in [0.2, 0.25) is 0 Å². The first-order chi connectivity index (χ1) is 9.09.